The number of benzene rings is 1. The molecule has 2 aromatic rings. The van der Waals surface area contributed by atoms with Crippen molar-refractivity contribution in [3.63, 3.8) is 0 Å². The van der Waals surface area contributed by atoms with E-state index in [2.05, 4.69) is 4.98 Å². The Hall–Kier alpha value is -2.49. The van der Waals surface area contributed by atoms with E-state index in [1.54, 1.807) is 37.2 Å². The lowest BCUT2D eigenvalue weighted by Crippen LogP contribution is -2.35. The molecule has 0 saturated heterocycles. The molecule has 0 aliphatic carbocycles. The summed E-state index contributed by atoms with van der Waals surface area (Å²) in [5.74, 6) is 1.29. The molecule has 0 fully saturated rings. The molecule has 154 valence electrons. The summed E-state index contributed by atoms with van der Waals surface area (Å²) in [7, 11) is -1.45. The highest BCUT2D eigenvalue weighted by molar-refractivity contribution is 7.88. The van der Waals surface area contributed by atoms with Crippen molar-refractivity contribution in [2.24, 2.45) is 0 Å². The normalized spacial score (nSPS) is 20.5. The van der Waals surface area contributed by atoms with Gasteiger partial charge in [-0.25, -0.2) is 17.8 Å². The zero-order valence-electron chi connectivity index (χ0n) is 16.4. The Morgan fingerprint density at radius 1 is 1.21 bits per heavy atom. The van der Waals surface area contributed by atoms with Crippen LogP contribution in [0, 0.1) is 5.82 Å². The van der Waals surface area contributed by atoms with Crippen LogP contribution in [-0.2, 0) is 27.8 Å². The van der Waals surface area contributed by atoms with Crippen molar-refractivity contribution in [2.75, 3.05) is 19.8 Å². The van der Waals surface area contributed by atoms with Crippen molar-refractivity contribution in [1.82, 2.24) is 14.4 Å². The number of rotatable bonds is 4. The third-order valence-corrected chi connectivity index (χ3v) is 6.35. The lowest BCUT2D eigenvalue weighted by molar-refractivity contribution is -0.0959. The van der Waals surface area contributed by atoms with Crippen LogP contribution in [0.2, 0.25) is 0 Å². The van der Waals surface area contributed by atoms with Gasteiger partial charge in [0, 0.05) is 32.6 Å². The zero-order valence-corrected chi connectivity index (χ0v) is 17.2. The van der Waals surface area contributed by atoms with Gasteiger partial charge in [-0.05, 0) is 30.2 Å². The molecular formula is C20H22FN3O4S. The fourth-order valence-corrected chi connectivity index (χ4v) is 4.42. The molecule has 7 nitrogen and oxygen atoms in total. The molecule has 0 spiro atoms. The molecule has 0 saturated carbocycles. The van der Waals surface area contributed by atoms with Gasteiger partial charge in [-0.2, -0.15) is 4.31 Å². The van der Waals surface area contributed by atoms with Crippen LogP contribution in [0.15, 0.2) is 47.9 Å². The third kappa shape index (κ3) is 3.98. The predicted molar refractivity (Wildman–Crippen MR) is 105 cm³/mol. The van der Waals surface area contributed by atoms with Crippen molar-refractivity contribution < 1.29 is 22.4 Å². The first-order valence-electron chi connectivity index (χ1n) is 9.21. The maximum Gasteiger partial charge on any atom is 0.219 e. The van der Waals surface area contributed by atoms with Crippen molar-refractivity contribution in [3.05, 3.63) is 70.6 Å². The molecule has 4 rings (SSSR count). The standard InChI is InChI=1S/C20H22FN3O4S/c1-13-20(19(23(2)28-13)14-4-7-16(21)8-5-14)27-18-9-6-15-12-24(29(3,25)26)11-10-17(15)22-18/h4-9,19H,10-12H2,1-3H3. The van der Waals surface area contributed by atoms with Crippen LogP contribution in [-0.4, -0.2) is 42.6 Å². The number of sulfonamides is 1. The second-order valence-corrected chi connectivity index (χ2v) is 9.20. The van der Waals surface area contributed by atoms with Gasteiger partial charge in [0.15, 0.2) is 11.5 Å². The van der Waals surface area contributed by atoms with Crippen LogP contribution in [0.3, 0.4) is 0 Å². The van der Waals surface area contributed by atoms with Crippen LogP contribution in [0.4, 0.5) is 4.39 Å². The maximum absolute atomic E-state index is 13.3. The van der Waals surface area contributed by atoms with Gasteiger partial charge in [0.1, 0.15) is 11.9 Å². The quantitative estimate of drug-likeness (QED) is 0.759. The Morgan fingerprint density at radius 3 is 2.62 bits per heavy atom. The predicted octanol–water partition coefficient (Wildman–Crippen LogP) is 2.77. The smallest absolute Gasteiger partial charge is 0.219 e. The minimum Gasteiger partial charge on any atom is -0.438 e. The largest absolute Gasteiger partial charge is 0.438 e. The molecule has 1 unspecified atom stereocenters. The van der Waals surface area contributed by atoms with Crippen molar-refractivity contribution in [1.29, 1.82) is 0 Å². The Balaban J connectivity index is 1.58. The maximum atomic E-state index is 13.3. The van der Waals surface area contributed by atoms with E-state index in [1.165, 1.54) is 22.7 Å². The summed E-state index contributed by atoms with van der Waals surface area (Å²) in [5, 5.41) is 1.65. The number of hydrogen-bond acceptors (Lipinski definition) is 6. The summed E-state index contributed by atoms with van der Waals surface area (Å²) < 4.78 is 44.4. The molecular weight excluding hydrogens is 397 g/mol. The molecule has 3 heterocycles. The second-order valence-electron chi connectivity index (χ2n) is 7.22. The Labute approximate surface area is 169 Å². The van der Waals surface area contributed by atoms with E-state index < -0.39 is 10.0 Å². The summed E-state index contributed by atoms with van der Waals surface area (Å²) in [4.78, 5) is 10.3. The third-order valence-electron chi connectivity index (χ3n) is 5.10. The van der Waals surface area contributed by atoms with Gasteiger partial charge in [0.25, 0.3) is 0 Å². The lowest BCUT2D eigenvalue weighted by Gasteiger charge is -2.26. The van der Waals surface area contributed by atoms with Crippen molar-refractivity contribution in [2.45, 2.75) is 25.9 Å². The molecule has 2 aliphatic heterocycles. The highest BCUT2D eigenvalue weighted by Gasteiger charge is 2.35. The second kappa shape index (κ2) is 7.40. The average Bonchev–Trinajstić information content (AvgIpc) is 2.94. The number of allylic oxidation sites excluding steroid dienone is 1. The average molecular weight is 419 g/mol. The number of nitrogens with zero attached hydrogens (tertiary/aromatic N) is 3. The van der Waals surface area contributed by atoms with Crippen LogP contribution >= 0.6 is 0 Å². The summed E-state index contributed by atoms with van der Waals surface area (Å²) in [5.41, 5.74) is 2.53. The first kappa shape index (κ1) is 19.8. The van der Waals surface area contributed by atoms with E-state index in [1.807, 2.05) is 6.07 Å². The Morgan fingerprint density at radius 2 is 1.93 bits per heavy atom. The van der Waals surface area contributed by atoms with Gasteiger partial charge in [-0.15, -0.1) is 5.06 Å². The number of halogens is 1. The molecule has 9 heteroatoms. The van der Waals surface area contributed by atoms with E-state index >= 15 is 0 Å². The van der Waals surface area contributed by atoms with Gasteiger partial charge in [-0.1, -0.05) is 18.2 Å². The minimum atomic E-state index is -3.23. The van der Waals surface area contributed by atoms with E-state index in [0.29, 0.717) is 36.9 Å². The SMILES string of the molecule is CC1=C(Oc2ccc3c(n2)CCN(S(C)(=O)=O)C3)C(c2ccc(F)cc2)N(C)O1. The number of likely N-dealkylation sites (N-methyl/N-ethyl adjacent to an activating group) is 1. The fourth-order valence-electron chi connectivity index (χ4n) is 3.63. The molecule has 0 radical (unpaired) electrons. The van der Waals surface area contributed by atoms with E-state index in [4.69, 9.17) is 9.57 Å². The van der Waals surface area contributed by atoms with Gasteiger partial charge in [0.2, 0.25) is 15.9 Å². The molecule has 0 amide bonds. The van der Waals surface area contributed by atoms with Crippen LogP contribution in [0.5, 0.6) is 5.88 Å². The first-order valence-corrected chi connectivity index (χ1v) is 11.1. The van der Waals surface area contributed by atoms with Gasteiger partial charge in [0.05, 0.1) is 11.9 Å². The number of ether oxygens (including phenoxy) is 1. The molecule has 1 atom stereocenters. The fraction of sp³-hybridized carbons (Fsp3) is 0.350. The van der Waals surface area contributed by atoms with Gasteiger partial charge in [-0.3, -0.25) is 0 Å². The summed E-state index contributed by atoms with van der Waals surface area (Å²) in [6.07, 6.45) is 1.74. The molecule has 0 N–H and O–H groups in total. The van der Waals surface area contributed by atoms with Crippen LogP contribution in [0.1, 0.15) is 29.8 Å². The summed E-state index contributed by atoms with van der Waals surface area (Å²) in [6.45, 7) is 2.51. The number of aromatic nitrogens is 1. The number of pyridine rings is 1. The number of hydroxylamine groups is 2. The van der Waals surface area contributed by atoms with Crippen LogP contribution < -0.4 is 4.74 Å². The Bertz CT molecular complexity index is 1070. The molecule has 1 aromatic heterocycles. The highest BCUT2D eigenvalue weighted by Crippen LogP contribution is 2.38. The summed E-state index contributed by atoms with van der Waals surface area (Å²) >= 11 is 0. The van der Waals surface area contributed by atoms with Crippen molar-refractivity contribution >= 4 is 10.0 Å². The van der Waals surface area contributed by atoms with Gasteiger partial charge < -0.3 is 9.57 Å². The molecule has 0 bridgehead atoms. The van der Waals surface area contributed by atoms with Crippen LogP contribution in [0.25, 0.3) is 0 Å². The van der Waals surface area contributed by atoms with Gasteiger partial charge >= 0.3 is 0 Å². The topological polar surface area (TPSA) is 72.0 Å². The Kier molecular flexibility index (Phi) is 5.05. The molecule has 2 aliphatic rings. The van der Waals surface area contributed by atoms with Crippen molar-refractivity contribution in [3.8, 4) is 5.88 Å². The first-order chi connectivity index (χ1) is 13.7. The van der Waals surface area contributed by atoms with E-state index in [-0.39, 0.29) is 11.9 Å². The highest BCUT2D eigenvalue weighted by atomic mass is 32.2. The lowest BCUT2D eigenvalue weighted by atomic mass is 10.0. The molecule has 29 heavy (non-hydrogen) atoms. The van der Waals surface area contributed by atoms with E-state index in [9.17, 15) is 12.8 Å². The zero-order chi connectivity index (χ0) is 20.8. The monoisotopic (exact) mass is 419 g/mol. The number of hydrogen-bond donors (Lipinski definition) is 0. The summed E-state index contributed by atoms with van der Waals surface area (Å²) in [6, 6.07) is 9.44. The number of fused-ring (bicyclic) bond motifs is 1. The van der Waals surface area contributed by atoms with E-state index in [0.717, 1.165) is 16.8 Å². The molecule has 1 aromatic carbocycles. The minimum absolute atomic E-state index is 0.307.